The maximum atomic E-state index is 3.64. The van der Waals surface area contributed by atoms with E-state index in [-0.39, 0.29) is 0 Å². The van der Waals surface area contributed by atoms with E-state index in [0.29, 0.717) is 5.41 Å². The van der Waals surface area contributed by atoms with Crippen LogP contribution in [0.3, 0.4) is 0 Å². The van der Waals surface area contributed by atoms with Gasteiger partial charge in [0.05, 0.1) is 0 Å². The molecule has 0 aromatic heterocycles. The Balaban J connectivity index is 1.65. The highest BCUT2D eigenvalue weighted by Gasteiger charge is 2.53. The summed E-state index contributed by atoms with van der Waals surface area (Å²) in [6.45, 7) is 4.51. The molecule has 2 aliphatic carbocycles. The van der Waals surface area contributed by atoms with Gasteiger partial charge in [-0.05, 0) is 65.8 Å². The first-order valence-corrected chi connectivity index (χ1v) is 8.47. The summed E-state index contributed by atoms with van der Waals surface area (Å²) in [5.41, 5.74) is 2.06. The predicted molar refractivity (Wildman–Crippen MR) is 89.5 cm³/mol. The SMILES string of the molecule is CCNCC1(Cc2cccc3ccccc23)CC2CC2C1. The van der Waals surface area contributed by atoms with E-state index in [2.05, 4.69) is 54.7 Å². The zero-order chi connectivity index (χ0) is 14.3. The zero-order valence-electron chi connectivity index (χ0n) is 12.9. The summed E-state index contributed by atoms with van der Waals surface area (Å²) in [5.74, 6) is 2.08. The Labute approximate surface area is 127 Å². The summed E-state index contributed by atoms with van der Waals surface area (Å²) in [7, 11) is 0. The maximum absolute atomic E-state index is 3.64. The minimum Gasteiger partial charge on any atom is -0.316 e. The summed E-state index contributed by atoms with van der Waals surface area (Å²) in [4.78, 5) is 0. The van der Waals surface area contributed by atoms with Crippen LogP contribution >= 0.6 is 0 Å². The minimum atomic E-state index is 0.508. The van der Waals surface area contributed by atoms with E-state index < -0.39 is 0 Å². The average Bonchev–Trinajstić information content (AvgIpc) is 3.13. The Hall–Kier alpha value is -1.34. The second kappa shape index (κ2) is 5.14. The van der Waals surface area contributed by atoms with Crippen molar-refractivity contribution < 1.29 is 0 Å². The molecule has 2 unspecified atom stereocenters. The van der Waals surface area contributed by atoms with Crippen molar-refractivity contribution in [2.24, 2.45) is 17.3 Å². The van der Waals surface area contributed by atoms with E-state index in [1.54, 1.807) is 5.56 Å². The highest BCUT2D eigenvalue weighted by Crippen LogP contribution is 2.60. The lowest BCUT2D eigenvalue weighted by Gasteiger charge is -2.32. The van der Waals surface area contributed by atoms with E-state index in [1.165, 1.54) is 43.0 Å². The molecule has 2 atom stereocenters. The molecule has 0 saturated heterocycles. The highest BCUT2D eigenvalue weighted by atomic mass is 14.9. The van der Waals surface area contributed by atoms with E-state index in [1.807, 2.05) is 0 Å². The highest BCUT2D eigenvalue weighted by molar-refractivity contribution is 5.85. The van der Waals surface area contributed by atoms with E-state index in [4.69, 9.17) is 0 Å². The first-order valence-electron chi connectivity index (χ1n) is 8.47. The molecule has 0 amide bonds. The van der Waals surface area contributed by atoms with Crippen molar-refractivity contribution in [1.29, 1.82) is 0 Å². The molecule has 0 bridgehead atoms. The molecule has 4 rings (SSSR count). The van der Waals surface area contributed by atoms with E-state index >= 15 is 0 Å². The van der Waals surface area contributed by atoms with Gasteiger partial charge in [0.1, 0.15) is 0 Å². The topological polar surface area (TPSA) is 12.0 Å². The van der Waals surface area contributed by atoms with Crippen molar-refractivity contribution in [3.05, 3.63) is 48.0 Å². The Morgan fingerprint density at radius 3 is 2.62 bits per heavy atom. The minimum absolute atomic E-state index is 0.508. The van der Waals surface area contributed by atoms with Gasteiger partial charge in [-0.1, -0.05) is 49.4 Å². The monoisotopic (exact) mass is 279 g/mol. The zero-order valence-corrected chi connectivity index (χ0v) is 12.9. The van der Waals surface area contributed by atoms with Crippen molar-refractivity contribution >= 4 is 10.8 Å². The van der Waals surface area contributed by atoms with Crippen LogP contribution < -0.4 is 5.32 Å². The summed E-state index contributed by atoms with van der Waals surface area (Å²) in [5, 5.41) is 6.48. The van der Waals surface area contributed by atoms with Gasteiger partial charge in [0, 0.05) is 6.54 Å². The molecule has 2 aromatic carbocycles. The Morgan fingerprint density at radius 1 is 1.05 bits per heavy atom. The molecule has 2 fully saturated rings. The Kier molecular flexibility index (Phi) is 3.26. The molecule has 0 heterocycles. The molecule has 110 valence electrons. The fraction of sp³-hybridized carbons (Fsp3) is 0.500. The summed E-state index contributed by atoms with van der Waals surface area (Å²) < 4.78 is 0. The summed E-state index contributed by atoms with van der Waals surface area (Å²) >= 11 is 0. The van der Waals surface area contributed by atoms with Gasteiger partial charge in [0.25, 0.3) is 0 Å². The first kappa shape index (κ1) is 13.3. The molecular formula is C20H25N. The van der Waals surface area contributed by atoms with Crippen molar-refractivity contribution in [3.63, 3.8) is 0 Å². The quantitative estimate of drug-likeness (QED) is 0.855. The van der Waals surface area contributed by atoms with Crippen molar-refractivity contribution in [3.8, 4) is 0 Å². The van der Waals surface area contributed by atoms with Gasteiger partial charge >= 0.3 is 0 Å². The van der Waals surface area contributed by atoms with Gasteiger partial charge in [-0.25, -0.2) is 0 Å². The maximum Gasteiger partial charge on any atom is 0.00111 e. The van der Waals surface area contributed by atoms with Crippen LogP contribution in [0.25, 0.3) is 10.8 Å². The lowest BCUT2D eigenvalue weighted by Crippen LogP contribution is -2.35. The second-order valence-corrected chi connectivity index (χ2v) is 7.26. The molecule has 2 aliphatic rings. The first-order chi connectivity index (χ1) is 10.3. The van der Waals surface area contributed by atoms with Crippen LogP contribution in [0.15, 0.2) is 42.5 Å². The third kappa shape index (κ3) is 2.48. The number of hydrogen-bond donors (Lipinski definition) is 1. The van der Waals surface area contributed by atoms with E-state index in [0.717, 1.165) is 18.4 Å². The molecule has 2 saturated carbocycles. The number of rotatable bonds is 5. The van der Waals surface area contributed by atoms with Crippen molar-refractivity contribution in [2.45, 2.75) is 32.6 Å². The van der Waals surface area contributed by atoms with Gasteiger partial charge in [0.2, 0.25) is 0 Å². The molecule has 1 nitrogen and oxygen atoms in total. The van der Waals surface area contributed by atoms with Gasteiger partial charge in [-0.15, -0.1) is 0 Å². The number of fused-ring (bicyclic) bond motifs is 2. The second-order valence-electron chi connectivity index (χ2n) is 7.26. The number of benzene rings is 2. The van der Waals surface area contributed by atoms with Crippen molar-refractivity contribution in [1.82, 2.24) is 5.32 Å². The molecule has 1 N–H and O–H groups in total. The van der Waals surface area contributed by atoms with Crippen LogP contribution in [0.2, 0.25) is 0 Å². The number of hydrogen-bond acceptors (Lipinski definition) is 1. The predicted octanol–water partition coefficient (Wildman–Crippen LogP) is 4.41. The molecule has 0 radical (unpaired) electrons. The van der Waals surface area contributed by atoms with Crippen LogP contribution in [-0.2, 0) is 6.42 Å². The van der Waals surface area contributed by atoms with Crippen LogP contribution in [-0.4, -0.2) is 13.1 Å². The van der Waals surface area contributed by atoms with Gasteiger partial charge < -0.3 is 5.32 Å². The van der Waals surface area contributed by atoms with Gasteiger partial charge in [0.15, 0.2) is 0 Å². The third-order valence-electron chi connectivity index (χ3n) is 5.65. The van der Waals surface area contributed by atoms with Crippen molar-refractivity contribution in [2.75, 3.05) is 13.1 Å². The fourth-order valence-electron chi connectivity index (χ4n) is 4.60. The fourth-order valence-corrected chi connectivity index (χ4v) is 4.60. The molecule has 21 heavy (non-hydrogen) atoms. The molecule has 2 aromatic rings. The smallest absolute Gasteiger partial charge is 0.00111 e. The molecule has 0 spiro atoms. The third-order valence-corrected chi connectivity index (χ3v) is 5.65. The van der Waals surface area contributed by atoms with Crippen LogP contribution in [0.1, 0.15) is 31.7 Å². The van der Waals surface area contributed by atoms with Crippen LogP contribution in [0.4, 0.5) is 0 Å². The summed E-state index contributed by atoms with van der Waals surface area (Å²) in [6.07, 6.45) is 5.62. The normalized spacial score (nSPS) is 30.5. The summed E-state index contributed by atoms with van der Waals surface area (Å²) in [6, 6.07) is 15.7. The van der Waals surface area contributed by atoms with Crippen LogP contribution in [0, 0.1) is 17.3 Å². The molecular weight excluding hydrogens is 254 g/mol. The Morgan fingerprint density at radius 2 is 1.81 bits per heavy atom. The Bertz CT molecular complexity index is 630. The molecule has 0 aliphatic heterocycles. The van der Waals surface area contributed by atoms with Crippen LogP contribution in [0.5, 0.6) is 0 Å². The molecule has 1 heteroatoms. The van der Waals surface area contributed by atoms with Gasteiger partial charge in [-0.2, -0.15) is 0 Å². The number of nitrogens with one attached hydrogen (secondary N) is 1. The lowest BCUT2D eigenvalue weighted by molar-refractivity contribution is 0.251. The standard InChI is InChI=1S/C20H25N/c1-2-21-14-20(12-17-10-18(17)13-20)11-16-8-5-7-15-6-3-4-9-19(15)16/h3-9,17-18,21H,2,10-14H2,1H3. The lowest BCUT2D eigenvalue weighted by atomic mass is 9.76. The van der Waals surface area contributed by atoms with Gasteiger partial charge in [-0.3, -0.25) is 0 Å². The average molecular weight is 279 g/mol. The largest absolute Gasteiger partial charge is 0.316 e. The van der Waals surface area contributed by atoms with E-state index in [9.17, 15) is 0 Å².